The molecule has 104 valence electrons. The summed E-state index contributed by atoms with van der Waals surface area (Å²) in [6.07, 6.45) is 3.28. The molecule has 1 unspecified atom stereocenters. The lowest BCUT2D eigenvalue weighted by atomic mass is 10.2. The first-order valence-corrected chi connectivity index (χ1v) is 6.62. The Morgan fingerprint density at radius 2 is 2.10 bits per heavy atom. The second kappa shape index (κ2) is 6.65. The maximum atomic E-state index is 12.1. The monoisotopic (exact) mass is 270 g/mol. The Hall–Kier alpha value is -2.43. The van der Waals surface area contributed by atoms with E-state index in [1.54, 1.807) is 24.5 Å². The standard InChI is InChI=1S/C15H18N4O/c1-3-16-14-8-7-12(10-18-14)15(20)19-11(2)13-6-4-5-9-17-13/h4-11H,3H2,1-2H3,(H,16,18)(H,19,20). The molecule has 0 aliphatic heterocycles. The van der Waals surface area contributed by atoms with Crippen molar-refractivity contribution in [2.24, 2.45) is 0 Å². The van der Waals surface area contributed by atoms with Gasteiger partial charge in [-0.2, -0.15) is 0 Å². The molecule has 0 saturated heterocycles. The topological polar surface area (TPSA) is 66.9 Å². The van der Waals surface area contributed by atoms with Crippen LogP contribution in [-0.2, 0) is 0 Å². The maximum absolute atomic E-state index is 12.1. The molecule has 5 heteroatoms. The van der Waals surface area contributed by atoms with E-state index >= 15 is 0 Å². The van der Waals surface area contributed by atoms with Gasteiger partial charge < -0.3 is 10.6 Å². The van der Waals surface area contributed by atoms with Crippen LogP contribution in [0.5, 0.6) is 0 Å². The maximum Gasteiger partial charge on any atom is 0.253 e. The van der Waals surface area contributed by atoms with Crippen LogP contribution in [0.1, 0.15) is 35.9 Å². The molecular formula is C15H18N4O. The van der Waals surface area contributed by atoms with E-state index in [1.165, 1.54) is 0 Å². The van der Waals surface area contributed by atoms with Crippen LogP contribution < -0.4 is 10.6 Å². The van der Waals surface area contributed by atoms with Crippen molar-refractivity contribution in [2.45, 2.75) is 19.9 Å². The molecule has 0 aliphatic rings. The van der Waals surface area contributed by atoms with Gasteiger partial charge in [0, 0.05) is 18.9 Å². The highest BCUT2D eigenvalue weighted by Gasteiger charge is 2.12. The van der Waals surface area contributed by atoms with Crippen LogP contribution in [0.3, 0.4) is 0 Å². The normalized spacial score (nSPS) is 11.7. The molecular weight excluding hydrogens is 252 g/mol. The minimum Gasteiger partial charge on any atom is -0.370 e. The number of nitrogens with one attached hydrogen (secondary N) is 2. The Balaban J connectivity index is 2.01. The molecule has 2 heterocycles. The fraction of sp³-hybridized carbons (Fsp3) is 0.267. The van der Waals surface area contributed by atoms with E-state index in [-0.39, 0.29) is 11.9 Å². The fourth-order valence-corrected chi connectivity index (χ4v) is 1.80. The van der Waals surface area contributed by atoms with Crippen LogP contribution >= 0.6 is 0 Å². The largest absolute Gasteiger partial charge is 0.370 e. The summed E-state index contributed by atoms with van der Waals surface area (Å²) >= 11 is 0. The number of aromatic nitrogens is 2. The van der Waals surface area contributed by atoms with E-state index in [0.29, 0.717) is 5.56 Å². The predicted octanol–water partition coefficient (Wildman–Crippen LogP) is 2.40. The lowest BCUT2D eigenvalue weighted by molar-refractivity contribution is 0.0939. The van der Waals surface area contributed by atoms with Crippen molar-refractivity contribution < 1.29 is 4.79 Å². The number of nitrogens with zero attached hydrogens (tertiary/aromatic N) is 2. The summed E-state index contributed by atoms with van der Waals surface area (Å²) in [5.74, 6) is 0.612. The van der Waals surface area contributed by atoms with Gasteiger partial charge in [-0.3, -0.25) is 9.78 Å². The Morgan fingerprint density at radius 1 is 1.25 bits per heavy atom. The first-order chi connectivity index (χ1) is 9.70. The third kappa shape index (κ3) is 3.54. The van der Waals surface area contributed by atoms with E-state index in [9.17, 15) is 4.79 Å². The highest BCUT2D eigenvalue weighted by atomic mass is 16.1. The van der Waals surface area contributed by atoms with E-state index in [0.717, 1.165) is 18.1 Å². The Bertz CT molecular complexity index is 554. The first kappa shape index (κ1) is 14.0. The summed E-state index contributed by atoms with van der Waals surface area (Å²) in [5.41, 5.74) is 1.37. The predicted molar refractivity (Wildman–Crippen MR) is 78.5 cm³/mol. The zero-order valence-corrected chi connectivity index (χ0v) is 11.6. The van der Waals surface area contributed by atoms with Crippen molar-refractivity contribution in [3.63, 3.8) is 0 Å². The Labute approximate surface area is 118 Å². The summed E-state index contributed by atoms with van der Waals surface area (Å²) in [6.45, 7) is 4.70. The smallest absolute Gasteiger partial charge is 0.253 e. The summed E-state index contributed by atoms with van der Waals surface area (Å²) in [7, 11) is 0. The quantitative estimate of drug-likeness (QED) is 0.875. The van der Waals surface area contributed by atoms with Gasteiger partial charge in [-0.05, 0) is 38.1 Å². The fourth-order valence-electron chi connectivity index (χ4n) is 1.80. The van der Waals surface area contributed by atoms with Gasteiger partial charge in [-0.25, -0.2) is 4.98 Å². The van der Waals surface area contributed by atoms with Crippen molar-refractivity contribution in [2.75, 3.05) is 11.9 Å². The molecule has 2 rings (SSSR count). The minimum atomic E-state index is -0.154. The van der Waals surface area contributed by atoms with Gasteiger partial charge in [0.05, 0.1) is 17.3 Å². The molecule has 0 fully saturated rings. The lowest BCUT2D eigenvalue weighted by Crippen LogP contribution is -2.27. The Kier molecular flexibility index (Phi) is 4.65. The second-order valence-corrected chi connectivity index (χ2v) is 4.41. The molecule has 0 bridgehead atoms. The van der Waals surface area contributed by atoms with Crippen LogP contribution in [0.4, 0.5) is 5.82 Å². The van der Waals surface area contributed by atoms with Crippen molar-refractivity contribution in [1.29, 1.82) is 0 Å². The van der Waals surface area contributed by atoms with E-state index < -0.39 is 0 Å². The van der Waals surface area contributed by atoms with Crippen LogP contribution in [0, 0.1) is 0 Å². The molecule has 0 spiro atoms. The summed E-state index contributed by atoms with van der Waals surface area (Å²) in [5, 5.41) is 5.99. The zero-order chi connectivity index (χ0) is 14.4. The van der Waals surface area contributed by atoms with Crippen molar-refractivity contribution >= 4 is 11.7 Å². The van der Waals surface area contributed by atoms with Crippen molar-refractivity contribution in [1.82, 2.24) is 15.3 Å². The molecule has 0 saturated carbocycles. The van der Waals surface area contributed by atoms with Gasteiger partial charge in [0.15, 0.2) is 0 Å². The number of amides is 1. The van der Waals surface area contributed by atoms with Gasteiger partial charge >= 0.3 is 0 Å². The molecule has 2 aromatic heterocycles. The molecule has 0 aromatic carbocycles. The molecule has 20 heavy (non-hydrogen) atoms. The van der Waals surface area contributed by atoms with Crippen LogP contribution in [0.15, 0.2) is 42.7 Å². The average Bonchev–Trinajstić information content (AvgIpc) is 2.49. The second-order valence-electron chi connectivity index (χ2n) is 4.41. The summed E-state index contributed by atoms with van der Waals surface area (Å²) in [6, 6.07) is 9.04. The number of rotatable bonds is 5. The average molecular weight is 270 g/mol. The number of pyridine rings is 2. The van der Waals surface area contributed by atoms with E-state index in [2.05, 4.69) is 20.6 Å². The first-order valence-electron chi connectivity index (χ1n) is 6.62. The molecule has 1 amide bonds. The van der Waals surface area contributed by atoms with Gasteiger partial charge in [0.2, 0.25) is 0 Å². The third-order valence-electron chi connectivity index (χ3n) is 2.86. The molecule has 2 N–H and O–H groups in total. The number of hydrogen-bond donors (Lipinski definition) is 2. The molecule has 2 aromatic rings. The number of carbonyl (C=O) groups excluding carboxylic acids is 1. The minimum absolute atomic E-state index is 0.142. The van der Waals surface area contributed by atoms with Gasteiger partial charge in [-0.1, -0.05) is 6.07 Å². The SMILES string of the molecule is CCNc1ccc(C(=O)NC(C)c2ccccn2)cn1. The molecule has 0 aliphatic carbocycles. The number of hydrogen-bond acceptors (Lipinski definition) is 4. The summed E-state index contributed by atoms with van der Waals surface area (Å²) in [4.78, 5) is 20.5. The highest BCUT2D eigenvalue weighted by Crippen LogP contribution is 2.10. The number of carbonyl (C=O) groups is 1. The van der Waals surface area contributed by atoms with E-state index in [1.807, 2.05) is 32.0 Å². The van der Waals surface area contributed by atoms with E-state index in [4.69, 9.17) is 0 Å². The lowest BCUT2D eigenvalue weighted by Gasteiger charge is -2.13. The van der Waals surface area contributed by atoms with Gasteiger partial charge in [0.25, 0.3) is 5.91 Å². The van der Waals surface area contributed by atoms with Crippen molar-refractivity contribution in [3.8, 4) is 0 Å². The zero-order valence-electron chi connectivity index (χ0n) is 11.6. The summed E-state index contributed by atoms with van der Waals surface area (Å²) < 4.78 is 0. The van der Waals surface area contributed by atoms with Gasteiger partial charge in [0.1, 0.15) is 5.82 Å². The number of anilines is 1. The van der Waals surface area contributed by atoms with Crippen LogP contribution in [-0.4, -0.2) is 22.4 Å². The Morgan fingerprint density at radius 3 is 2.70 bits per heavy atom. The molecule has 0 radical (unpaired) electrons. The van der Waals surface area contributed by atoms with Crippen LogP contribution in [0.25, 0.3) is 0 Å². The van der Waals surface area contributed by atoms with Crippen LogP contribution in [0.2, 0.25) is 0 Å². The third-order valence-corrected chi connectivity index (χ3v) is 2.86. The van der Waals surface area contributed by atoms with Crippen molar-refractivity contribution in [3.05, 3.63) is 54.0 Å². The highest BCUT2D eigenvalue weighted by molar-refractivity contribution is 5.94. The molecule has 5 nitrogen and oxygen atoms in total. The molecule has 1 atom stereocenters. The van der Waals surface area contributed by atoms with Gasteiger partial charge in [-0.15, -0.1) is 0 Å².